The van der Waals surface area contributed by atoms with Gasteiger partial charge in [-0.25, -0.2) is 18.4 Å². The van der Waals surface area contributed by atoms with Gasteiger partial charge in [-0.3, -0.25) is 9.69 Å². The Morgan fingerprint density at radius 1 is 1.16 bits per heavy atom. The summed E-state index contributed by atoms with van der Waals surface area (Å²) >= 11 is 6.31. The number of carbonyl (C=O) groups excluding carboxylic acids is 1. The molecule has 0 unspecified atom stereocenters. The third kappa shape index (κ3) is 7.30. The quantitative estimate of drug-likeness (QED) is 0.290. The van der Waals surface area contributed by atoms with Crippen LogP contribution in [0, 0.1) is 0 Å². The molecular formula is C25H32ClN7O4S. The first-order chi connectivity index (χ1) is 18.0. The van der Waals surface area contributed by atoms with E-state index in [9.17, 15) is 13.2 Å². The van der Waals surface area contributed by atoms with Crippen molar-refractivity contribution >= 4 is 56.2 Å². The Kier molecular flexibility index (Phi) is 9.84. The number of amides is 1. The Bertz CT molecular complexity index is 1390. The van der Waals surface area contributed by atoms with Crippen LogP contribution in [0.25, 0.3) is 0 Å². The number of nitrogens with zero attached hydrogens (tertiary/aromatic N) is 4. The number of aromatic nitrogens is 3. The van der Waals surface area contributed by atoms with Crippen LogP contribution in [0.1, 0.15) is 27.2 Å². The lowest BCUT2D eigenvalue weighted by atomic mass is 10.2. The third-order valence-electron chi connectivity index (χ3n) is 5.41. The molecule has 2 heterocycles. The molecule has 0 atom stereocenters. The maximum atomic E-state index is 12.8. The average Bonchev–Trinajstić information content (AvgIpc) is 2.87. The summed E-state index contributed by atoms with van der Waals surface area (Å²) in [6.07, 6.45) is 3.76. The number of sulfone groups is 1. The van der Waals surface area contributed by atoms with Crippen LogP contribution in [0.3, 0.4) is 0 Å². The van der Waals surface area contributed by atoms with E-state index in [0.29, 0.717) is 17.1 Å². The highest BCUT2D eigenvalue weighted by atomic mass is 35.5. The highest BCUT2D eigenvalue weighted by molar-refractivity contribution is 7.92. The second-order valence-electron chi connectivity index (χ2n) is 8.79. The number of ether oxygens (including phenoxy) is 1. The summed E-state index contributed by atoms with van der Waals surface area (Å²) in [5, 5.41) is 8.33. The number of rotatable bonds is 12. The minimum atomic E-state index is -3.66. The summed E-state index contributed by atoms with van der Waals surface area (Å²) in [5.41, 5.74) is 1.37. The van der Waals surface area contributed by atoms with E-state index in [4.69, 9.17) is 16.3 Å². The van der Waals surface area contributed by atoms with Crippen molar-refractivity contribution in [1.29, 1.82) is 0 Å². The molecule has 0 aliphatic carbocycles. The predicted octanol–water partition coefficient (Wildman–Crippen LogP) is 4.48. The van der Waals surface area contributed by atoms with Gasteiger partial charge in [0.05, 0.1) is 36.5 Å². The second kappa shape index (κ2) is 12.9. The second-order valence-corrected chi connectivity index (χ2v) is 11.6. The lowest BCUT2D eigenvalue weighted by molar-refractivity contribution is -0.117. The Labute approximate surface area is 227 Å². The SMILES string of the molecule is CCCN(C)CC(=O)Nc1ccc(Nc2ncc(Cl)c(Nc3cccnc3S(=O)(=O)C(C)C)n2)c(OC)c1. The number of pyridine rings is 1. The Balaban J connectivity index is 1.81. The minimum absolute atomic E-state index is 0.0978. The van der Waals surface area contributed by atoms with Crippen molar-refractivity contribution in [2.24, 2.45) is 0 Å². The van der Waals surface area contributed by atoms with Crippen molar-refractivity contribution in [3.8, 4) is 5.75 Å². The number of anilines is 5. The van der Waals surface area contributed by atoms with E-state index in [-0.39, 0.29) is 40.0 Å². The van der Waals surface area contributed by atoms with Crippen LogP contribution in [-0.2, 0) is 14.6 Å². The van der Waals surface area contributed by atoms with Crippen molar-refractivity contribution in [2.75, 3.05) is 43.2 Å². The molecule has 204 valence electrons. The van der Waals surface area contributed by atoms with Gasteiger partial charge in [0.1, 0.15) is 10.8 Å². The van der Waals surface area contributed by atoms with E-state index >= 15 is 0 Å². The fraction of sp³-hybridized carbons (Fsp3) is 0.360. The monoisotopic (exact) mass is 561 g/mol. The van der Waals surface area contributed by atoms with Crippen LogP contribution in [0.4, 0.5) is 28.8 Å². The molecule has 0 bridgehead atoms. The minimum Gasteiger partial charge on any atom is -0.494 e. The van der Waals surface area contributed by atoms with Crippen LogP contribution in [0.5, 0.6) is 5.75 Å². The summed E-state index contributed by atoms with van der Waals surface area (Å²) in [4.78, 5) is 27.0. The maximum absolute atomic E-state index is 12.8. The lowest BCUT2D eigenvalue weighted by Crippen LogP contribution is -2.30. The maximum Gasteiger partial charge on any atom is 0.238 e. The molecule has 0 fully saturated rings. The van der Waals surface area contributed by atoms with Crippen LogP contribution in [0.2, 0.25) is 5.02 Å². The standard InChI is InChI=1S/C25H32ClN7O4S/c1-6-12-33(4)15-22(34)29-17-9-10-19(21(13-17)37-5)31-25-28-14-18(26)23(32-25)30-20-8-7-11-27-24(20)38(35,36)16(2)3/h7-11,13-14,16H,6,12,15H2,1-5H3,(H,29,34)(H2,28,30,31,32). The van der Waals surface area contributed by atoms with E-state index < -0.39 is 15.1 Å². The summed E-state index contributed by atoms with van der Waals surface area (Å²) in [5.74, 6) is 0.701. The molecule has 2 aromatic heterocycles. The lowest BCUT2D eigenvalue weighted by Gasteiger charge is -2.16. The fourth-order valence-corrected chi connectivity index (χ4v) is 4.70. The normalized spacial score (nSPS) is 11.5. The van der Waals surface area contributed by atoms with E-state index in [1.54, 1.807) is 44.2 Å². The molecule has 0 spiro atoms. The molecule has 11 nitrogen and oxygen atoms in total. The number of carbonyl (C=O) groups is 1. The van der Waals surface area contributed by atoms with Crippen LogP contribution in [0.15, 0.2) is 47.8 Å². The van der Waals surface area contributed by atoms with Crippen molar-refractivity contribution < 1.29 is 17.9 Å². The summed E-state index contributed by atoms with van der Waals surface area (Å²) < 4.78 is 31.0. The molecule has 38 heavy (non-hydrogen) atoms. The highest BCUT2D eigenvalue weighted by Crippen LogP contribution is 2.32. The third-order valence-corrected chi connectivity index (χ3v) is 7.79. The van der Waals surface area contributed by atoms with Gasteiger partial charge in [-0.05, 0) is 58.1 Å². The van der Waals surface area contributed by atoms with E-state index in [1.165, 1.54) is 19.5 Å². The Hall–Kier alpha value is -3.48. The smallest absolute Gasteiger partial charge is 0.238 e. The molecule has 3 aromatic rings. The number of benzene rings is 1. The average molecular weight is 562 g/mol. The first-order valence-corrected chi connectivity index (χ1v) is 13.9. The van der Waals surface area contributed by atoms with Crippen LogP contribution < -0.4 is 20.7 Å². The van der Waals surface area contributed by atoms with Gasteiger partial charge in [0.2, 0.25) is 11.9 Å². The number of halogens is 1. The van der Waals surface area contributed by atoms with Crippen molar-refractivity contribution in [1.82, 2.24) is 19.9 Å². The first kappa shape index (κ1) is 29.1. The number of methoxy groups -OCH3 is 1. The van der Waals surface area contributed by atoms with Gasteiger partial charge in [-0.1, -0.05) is 18.5 Å². The van der Waals surface area contributed by atoms with Crippen molar-refractivity contribution in [3.05, 3.63) is 47.7 Å². The van der Waals surface area contributed by atoms with Gasteiger partial charge in [-0.2, -0.15) is 4.98 Å². The fourth-order valence-electron chi connectivity index (χ4n) is 3.48. The van der Waals surface area contributed by atoms with Crippen LogP contribution in [-0.4, -0.2) is 66.7 Å². The van der Waals surface area contributed by atoms with Crippen molar-refractivity contribution in [2.45, 2.75) is 37.5 Å². The van der Waals surface area contributed by atoms with E-state index in [0.717, 1.165) is 13.0 Å². The molecule has 1 amide bonds. The number of likely N-dealkylation sites (N-methyl/N-ethyl adjacent to an activating group) is 1. The Morgan fingerprint density at radius 2 is 1.92 bits per heavy atom. The summed E-state index contributed by atoms with van der Waals surface area (Å²) in [6.45, 7) is 6.33. The number of nitrogens with one attached hydrogen (secondary N) is 3. The van der Waals surface area contributed by atoms with Gasteiger partial charge in [0, 0.05) is 18.0 Å². The zero-order chi connectivity index (χ0) is 27.9. The molecule has 3 N–H and O–H groups in total. The number of hydrogen-bond donors (Lipinski definition) is 3. The predicted molar refractivity (Wildman–Crippen MR) is 150 cm³/mol. The number of hydrogen-bond acceptors (Lipinski definition) is 10. The molecule has 3 rings (SSSR count). The van der Waals surface area contributed by atoms with Gasteiger partial charge in [-0.15, -0.1) is 0 Å². The Morgan fingerprint density at radius 3 is 2.61 bits per heavy atom. The first-order valence-electron chi connectivity index (χ1n) is 12.0. The largest absolute Gasteiger partial charge is 0.494 e. The summed E-state index contributed by atoms with van der Waals surface area (Å²) in [6, 6.07) is 8.35. The van der Waals surface area contributed by atoms with Gasteiger partial charge in [0.25, 0.3) is 0 Å². The molecule has 0 aliphatic rings. The molecule has 0 saturated heterocycles. The molecule has 0 radical (unpaired) electrons. The van der Waals surface area contributed by atoms with Gasteiger partial charge in [0.15, 0.2) is 20.7 Å². The van der Waals surface area contributed by atoms with Gasteiger partial charge >= 0.3 is 0 Å². The van der Waals surface area contributed by atoms with E-state index in [2.05, 4.69) is 37.8 Å². The highest BCUT2D eigenvalue weighted by Gasteiger charge is 2.25. The molecule has 0 aliphatic heterocycles. The van der Waals surface area contributed by atoms with Gasteiger partial charge < -0.3 is 20.7 Å². The zero-order valence-electron chi connectivity index (χ0n) is 21.9. The molecular weight excluding hydrogens is 530 g/mol. The van der Waals surface area contributed by atoms with Crippen molar-refractivity contribution in [3.63, 3.8) is 0 Å². The van der Waals surface area contributed by atoms with Crippen LogP contribution >= 0.6 is 11.6 Å². The summed E-state index contributed by atoms with van der Waals surface area (Å²) in [7, 11) is -0.253. The molecule has 13 heteroatoms. The zero-order valence-corrected chi connectivity index (χ0v) is 23.5. The molecule has 0 saturated carbocycles. The van der Waals surface area contributed by atoms with E-state index in [1.807, 2.05) is 11.9 Å². The topological polar surface area (TPSA) is 138 Å². The molecule has 1 aromatic carbocycles.